The average molecular weight is 437 g/mol. The first-order valence-electron chi connectivity index (χ1n) is 10.2. The Morgan fingerprint density at radius 2 is 1.90 bits per heavy atom. The number of aliphatic hydroxyl groups is 2. The highest BCUT2D eigenvalue weighted by molar-refractivity contribution is 6.31. The molecule has 2 saturated heterocycles. The van der Waals surface area contributed by atoms with E-state index in [1.165, 1.54) is 0 Å². The molecule has 3 atom stereocenters. The Kier molecular flexibility index (Phi) is 6.60. The quantitative estimate of drug-likeness (QED) is 0.693. The molecule has 4 rings (SSSR count). The van der Waals surface area contributed by atoms with Crippen LogP contribution < -0.4 is 4.74 Å². The topological polar surface area (TPSA) is 68.2 Å². The molecular weight excluding hydrogens is 411 g/mol. The fourth-order valence-corrected chi connectivity index (χ4v) is 3.98. The van der Waals surface area contributed by atoms with Gasteiger partial charge < -0.3 is 24.4 Å². The van der Waals surface area contributed by atoms with E-state index in [1.807, 2.05) is 42.5 Å². The Labute approximate surface area is 180 Å². The number of alkyl halides is 1. The molecule has 2 heterocycles. The van der Waals surface area contributed by atoms with Crippen LogP contribution in [0.2, 0.25) is 5.02 Å². The van der Waals surface area contributed by atoms with E-state index in [1.54, 1.807) is 0 Å². The second-order valence-electron chi connectivity index (χ2n) is 8.16. The van der Waals surface area contributed by atoms with E-state index in [0.29, 0.717) is 30.0 Å². The zero-order valence-electron chi connectivity index (χ0n) is 16.6. The molecule has 0 spiro atoms. The molecule has 2 aromatic carbocycles. The van der Waals surface area contributed by atoms with Crippen LogP contribution >= 0.6 is 11.6 Å². The van der Waals surface area contributed by atoms with Crippen LogP contribution in [0.1, 0.15) is 35.6 Å². The zero-order chi connectivity index (χ0) is 21.1. The van der Waals surface area contributed by atoms with Gasteiger partial charge in [0.2, 0.25) is 0 Å². The lowest BCUT2D eigenvalue weighted by molar-refractivity contribution is -0.146. The van der Waals surface area contributed by atoms with E-state index in [2.05, 4.69) is 0 Å². The van der Waals surface area contributed by atoms with Gasteiger partial charge in [-0.2, -0.15) is 0 Å². The lowest BCUT2D eigenvalue weighted by Gasteiger charge is -2.33. The maximum absolute atomic E-state index is 14.0. The van der Waals surface area contributed by atoms with Gasteiger partial charge in [0.25, 0.3) is 0 Å². The maximum atomic E-state index is 14.0. The third-order valence-corrected chi connectivity index (χ3v) is 5.93. The standard InChI is InChI=1S/C23H26ClFO5/c24-21-6-3-16(22-10-18(27)9-20(11-26)30-22)8-17(21)7-15-1-4-19(5-2-15)29-14-23(25)12-28-13-23/h1-6,8,18,20,22,26-27H,7,9-14H2/t18-,20-,22+/m0/s1. The maximum Gasteiger partial charge on any atom is 0.190 e. The fraction of sp³-hybridized carbons (Fsp3) is 0.478. The van der Waals surface area contributed by atoms with Crippen LogP contribution in [0.25, 0.3) is 0 Å². The first kappa shape index (κ1) is 21.5. The Balaban J connectivity index is 1.42. The number of halogens is 2. The summed E-state index contributed by atoms with van der Waals surface area (Å²) in [4.78, 5) is 0. The van der Waals surface area contributed by atoms with Crippen molar-refractivity contribution in [2.24, 2.45) is 0 Å². The van der Waals surface area contributed by atoms with Crippen LogP contribution in [-0.2, 0) is 15.9 Å². The lowest BCUT2D eigenvalue weighted by atomic mass is 9.94. The molecule has 0 amide bonds. The molecule has 0 aliphatic carbocycles. The minimum atomic E-state index is -1.38. The summed E-state index contributed by atoms with van der Waals surface area (Å²) < 4.78 is 30.3. The van der Waals surface area contributed by atoms with Crippen LogP contribution in [0.15, 0.2) is 42.5 Å². The minimum Gasteiger partial charge on any atom is -0.490 e. The van der Waals surface area contributed by atoms with Crippen molar-refractivity contribution < 1.29 is 28.8 Å². The van der Waals surface area contributed by atoms with Crippen LogP contribution in [0.5, 0.6) is 5.75 Å². The summed E-state index contributed by atoms with van der Waals surface area (Å²) >= 11 is 6.41. The highest BCUT2D eigenvalue weighted by Crippen LogP contribution is 2.34. The van der Waals surface area contributed by atoms with Gasteiger partial charge in [-0.1, -0.05) is 35.9 Å². The average Bonchev–Trinajstić information content (AvgIpc) is 2.73. The molecule has 0 bridgehead atoms. The lowest BCUT2D eigenvalue weighted by Crippen LogP contribution is -2.50. The van der Waals surface area contributed by atoms with E-state index in [9.17, 15) is 14.6 Å². The van der Waals surface area contributed by atoms with Crippen molar-refractivity contribution >= 4 is 11.6 Å². The minimum absolute atomic E-state index is 0.0116. The molecule has 7 heteroatoms. The van der Waals surface area contributed by atoms with E-state index in [-0.39, 0.29) is 38.6 Å². The second kappa shape index (κ2) is 9.20. The molecule has 2 aliphatic rings. The number of hydrogen-bond donors (Lipinski definition) is 2. The summed E-state index contributed by atoms with van der Waals surface area (Å²) in [6.07, 6.45) is 0.416. The van der Waals surface area contributed by atoms with Crippen molar-refractivity contribution in [3.8, 4) is 5.75 Å². The van der Waals surface area contributed by atoms with Gasteiger partial charge in [0.15, 0.2) is 5.67 Å². The first-order chi connectivity index (χ1) is 14.4. The van der Waals surface area contributed by atoms with Crippen LogP contribution in [0, 0.1) is 0 Å². The number of hydrogen-bond acceptors (Lipinski definition) is 5. The smallest absolute Gasteiger partial charge is 0.190 e. The molecule has 0 aromatic heterocycles. The summed E-state index contributed by atoms with van der Waals surface area (Å²) in [5, 5.41) is 20.1. The molecule has 2 fully saturated rings. The molecule has 0 radical (unpaired) electrons. The number of aliphatic hydroxyl groups excluding tert-OH is 2. The van der Waals surface area contributed by atoms with E-state index < -0.39 is 11.8 Å². The SMILES string of the molecule is OC[C@@H]1C[C@H](O)C[C@H](c2ccc(Cl)c(Cc3ccc(OCC4(F)COC4)cc3)c2)O1. The summed E-state index contributed by atoms with van der Waals surface area (Å²) in [5.41, 5.74) is 1.54. The molecule has 0 saturated carbocycles. The second-order valence-corrected chi connectivity index (χ2v) is 8.57. The molecular formula is C23H26ClFO5. The van der Waals surface area contributed by atoms with Crippen LogP contribution in [0.3, 0.4) is 0 Å². The van der Waals surface area contributed by atoms with Gasteiger partial charge in [0.05, 0.1) is 38.1 Å². The van der Waals surface area contributed by atoms with Crippen LogP contribution in [-0.4, -0.2) is 54.5 Å². The molecule has 0 unspecified atom stereocenters. The van der Waals surface area contributed by atoms with Gasteiger partial charge in [0, 0.05) is 17.9 Å². The van der Waals surface area contributed by atoms with E-state index >= 15 is 0 Å². The van der Waals surface area contributed by atoms with Gasteiger partial charge in [-0.3, -0.25) is 0 Å². The normalized spacial score (nSPS) is 25.5. The van der Waals surface area contributed by atoms with Crippen molar-refractivity contribution in [1.29, 1.82) is 0 Å². The van der Waals surface area contributed by atoms with Crippen LogP contribution in [0.4, 0.5) is 4.39 Å². The molecule has 2 aliphatic heterocycles. The highest BCUT2D eigenvalue weighted by atomic mass is 35.5. The number of rotatable bonds is 7. The fourth-order valence-electron chi connectivity index (χ4n) is 3.80. The largest absolute Gasteiger partial charge is 0.490 e. The van der Waals surface area contributed by atoms with Crippen molar-refractivity contribution in [1.82, 2.24) is 0 Å². The molecule has 162 valence electrons. The molecule has 30 heavy (non-hydrogen) atoms. The molecule has 5 nitrogen and oxygen atoms in total. The van der Waals surface area contributed by atoms with Gasteiger partial charge in [-0.05, 0) is 41.3 Å². The third kappa shape index (κ3) is 5.13. The summed E-state index contributed by atoms with van der Waals surface area (Å²) in [6, 6.07) is 13.2. The molecule has 2 aromatic rings. The Morgan fingerprint density at radius 3 is 2.57 bits per heavy atom. The van der Waals surface area contributed by atoms with Gasteiger partial charge in [-0.25, -0.2) is 4.39 Å². The summed E-state index contributed by atoms with van der Waals surface area (Å²) in [6.45, 7) is 0.0443. The van der Waals surface area contributed by atoms with Gasteiger partial charge >= 0.3 is 0 Å². The van der Waals surface area contributed by atoms with Gasteiger partial charge in [0.1, 0.15) is 12.4 Å². The Bertz CT molecular complexity index is 855. The number of ether oxygens (including phenoxy) is 3. The highest BCUT2D eigenvalue weighted by Gasteiger charge is 2.39. The summed E-state index contributed by atoms with van der Waals surface area (Å²) in [7, 11) is 0. The van der Waals surface area contributed by atoms with Crippen molar-refractivity contribution in [2.45, 2.75) is 43.2 Å². The van der Waals surface area contributed by atoms with E-state index in [0.717, 1.165) is 16.7 Å². The predicted molar refractivity (Wildman–Crippen MR) is 111 cm³/mol. The predicted octanol–water partition coefficient (Wildman–Crippen LogP) is 3.62. The Hall–Kier alpha value is -1.70. The third-order valence-electron chi connectivity index (χ3n) is 5.56. The van der Waals surface area contributed by atoms with E-state index in [4.69, 9.17) is 25.8 Å². The Morgan fingerprint density at radius 1 is 1.13 bits per heavy atom. The van der Waals surface area contributed by atoms with Crippen molar-refractivity contribution in [2.75, 3.05) is 26.4 Å². The van der Waals surface area contributed by atoms with Gasteiger partial charge in [-0.15, -0.1) is 0 Å². The zero-order valence-corrected chi connectivity index (χ0v) is 17.4. The van der Waals surface area contributed by atoms with Crippen molar-refractivity contribution in [3.63, 3.8) is 0 Å². The molecule has 2 N–H and O–H groups in total. The first-order valence-corrected chi connectivity index (χ1v) is 10.5. The monoisotopic (exact) mass is 436 g/mol. The van der Waals surface area contributed by atoms with Crippen molar-refractivity contribution in [3.05, 3.63) is 64.2 Å². The number of benzene rings is 2. The summed E-state index contributed by atoms with van der Waals surface area (Å²) in [5.74, 6) is 0.613.